The summed E-state index contributed by atoms with van der Waals surface area (Å²) in [4.78, 5) is 9.66. The minimum Gasteiger partial charge on any atom is -0.381 e. The summed E-state index contributed by atoms with van der Waals surface area (Å²) in [6.45, 7) is 1.59. The molecule has 3 aromatic heterocycles. The van der Waals surface area contributed by atoms with Crippen LogP contribution >= 0.6 is 23.1 Å². The fourth-order valence-corrected chi connectivity index (χ4v) is 3.67. The van der Waals surface area contributed by atoms with Crippen molar-refractivity contribution >= 4 is 44.4 Å². The first kappa shape index (κ1) is 11.6. The molecular formula is C12H11ClN4OS. The Balaban J connectivity index is 2.02. The summed E-state index contributed by atoms with van der Waals surface area (Å²) in [5, 5.41) is 2.43. The Morgan fingerprint density at radius 3 is 2.95 bits per heavy atom. The fraction of sp³-hybridized carbons (Fsp3) is 0.417. The molecule has 5 nitrogen and oxygen atoms in total. The summed E-state index contributed by atoms with van der Waals surface area (Å²) in [6.07, 6.45) is 5.67. The molecule has 3 aromatic rings. The number of nitrogens with zero attached hydrogens (tertiary/aromatic N) is 4. The lowest BCUT2D eigenvalue weighted by molar-refractivity contribution is 0.0717. The summed E-state index contributed by atoms with van der Waals surface area (Å²) >= 11 is 7.45. The molecule has 0 saturated carbocycles. The van der Waals surface area contributed by atoms with Gasteiger partial charge in [0, 0.05) is 36.2 Å². The van der Waals surface area contributed by atoms with E-state index in [1.807, 2.05) is 6.20 Å². The monoisotopic (exact) mass is 294 g/mol. The Kier molecular flexibility index (Phi) is 2.68. The van der Waals surface area contributed by atoms with E-state index < -0.39 is 0 Å². The highest BCUT2D eigenvalue weighted by atomic mass is 35.5. The number of hydrogen-bond donors (Lipinski definition) is 0. The molecule has 0 bridgehead atoms. The van der Waals surface area contributed by atoms with Crippen LogP contribution in [-0.2, 0) is 4.74 Å². The molecule has 1 fully saturated rings. The van der Waals surface area contributed by atoms with Gasteiger partial charge in [-0.1, -0.05) is 0 Å². The van der Waals surface area contributed by atoms with E-state index in [1.165, 1.54) is 11.5 Å². The fourth-order valence-electron chi connectivity index (χ4n) is 2.70. The van der Waals surface area contributed by atoms with Crippen LogP contribution in [0.3, 0.4) is 0 Å². The lowest BCUT2D eigenvalue weighted by Gasteiger charge is -2.24. The third-order valence-electron chi connectivity index (χ3n) is 3.58. The van der Waals surface area contributed by atoms with Gasteiger partial charge in [-0.2, -0.15) is 9.36 Å². The van der Waals surface area contributed by atoms with Crippen LogP contribution in [0, 0.1) is 0 Å². The molecule has 0 amide bonds. The number of aromatic nitrogens is 4. The van der Waals surface area contributed by atoms with Gasteiger partial charge in [0.15, 0.2) is 0 Å². The Hall–Kier alpha value is -1.24. The lowest BCUT2D eigenvalue weighted by Crippen LogP contribution is -2.19. The van der Waals surface area contributed by atoms with E-state index in [2.05, 4.69) is 18.9 Å². The Morgan fingerprint density at radius 2 is 2.11 bits per heavy atom. The van der Waals surface area contributed by atoms with Crippen LogP contribution in [0.4, 0.5) is 0 Å². The molecule has 0 radical (unpaired) electrons. The first-order valence-electron chi connectivity index (χ1n) is 6.19. The Morgan fingerprint density at radius 1 is 1.26 bits per heavy atom. The van der Waals surface area contributed by atoms with Crippen molar-refractivity contribution in [2.75, 3.05) is 13.2 Å². The van der Waals surface area contributed by atoms with Gasteiger partial charge in [0.05, 0.1) is 6.20 Å². The van der Waals surface area contributed by atoms with Gasteiger partial charge < -0.3 is 9.30 Å². The van der Waals surface area contributed by atoms with Crippen LogP contribution in [-0.4, -0.2) is 32.1 Å². The average molecular weight is 295 g/mol. The van der Waals surface area contributed by atoms with Crippen molar-refractivity contribution in [2.45, 2.75) is 18.9 Å². The van der Waals surface area contributed by atoms with E-state index in [0.717, 1.165) is 47.3 Å². The predicted molar refractivity (Wildman–Crippen MR) is 74.8 cm³/mol. The third-order valence-corrected chi connectivity index (χ3v) is 4.57. The van der Waals surface area contributed by atoms with E-state index in [9.17, 15) is 0 Å². The van der Waals surface area contributed by atoms with Gasteiger partial charge >= 0.3 is 0 Å². The van der Waals surface area contributed by atoms with Gasteiger partial charge in [0.2, 0.25) is 5.28 Å². The van der Waals surface area contributed by atoms with Gasteiger partial charge in [0.25, 0.3) is 0 Å². The largest absolute Gasteiger partial charge is 0.381 e. The van der Waals surface area contributed by atoms with Crippen LogP contribution in [0.1, 0.15) is 18.9 Å². The van der Waals surface area contributed by atoms with Crippen molar-refractivity contribution in [1.29, 1.82) is 0 Å². The first-order valence-corrected chi connectivity index (χ1v) is 7.34. The summed E-state index contributed by atoms with van der Waals surface area (Å²) in [5.41, 5.74) is 0.913. The molecule has 19 heavy (non-hydrogen) atoms. The van der Waals surface area contributed by atoms with Crippen molar-refractivity contribution in [3.63, 3.8) is 0 Å². The van der Waals surface area contributed by atoms with Crippen LogP contribution in [0.15, 0.2) is 12.4 Å². The molecular weight excluding hydrogens is 284 g/mol. The first-order chi connectivity index (χ1) is 9.34. The molecule has 4 heterocycles. The topological polar surface area (TPSA) is 52.8 Å². The summed E-state index contributed by atoms with van der Waals surface area (Å²) in [5.74, 6) is 0. The van der Waals surface area contributed by atoms with Crippen molar-refractivity contribution in [3.05, 3.63) is 17.7 Å². The van der Waals surface area contributed by atoms with E-state index in [1.54, 1.807) is 6.20 Å². The van der Waals surface area contributed by atoms with Crippen LogP contribution in [0.25, 0.3) is 21.3 Å². The second-order valence-corrected chi connectivity index (χ2v) is 5.75. The quantitative estimate of drug-likeness (QED) is 0.647. The Bertz CT molecular complexity index is 747. The lowest BCUT2D eigenvalue weighted by atomic mass is 10.1. The van der Waals surface area contributed by atoms with E-state index in [4.69, 9.17) is 16.3 Å². The van der Waals surface area contributed by atoms with E-state index in [-0.39, 0.29) is 0 Å². The minimum atomic E-state index is 0.291. The van der Waals surface area contributed by atoms with Crippen LogP contribution in [0.2, 0.25) is 5.28 Å². The maximum absolute atomic E-state index is 5.95. The van der Waals surface area contributed by atoms with Crippen LogP contribution in [0.5, 0.6) is 0 Å². The molecule has 1 aliphatic rings. The molecule has 1 aliphatic heterocycles. The molecule has 1 saturated heterocycles. The number of rotatable bonds is 1. The second kappa shape index (κ2) is 4.40. The average Bonchev–Trinajstić information content (AvgIpc) is 2.99. The number of halogens is 1. The Labute approximate surface area is 118 Å². The minimum absolute atomic E-state index is 0.291. The zero-order valence-corrected chi connectivity index (χ0v) is 11.6. The molecule has 0 N–H and O–H groups in total. The van der Waals surface area contributed by atoms with E-state index in [0.29, 0.717) is 11.3 Å². The van der Waals surface area contributed by atoms with Gasteiger partial charge in [-0.05, 0) is 36.0 Å². The maximum Gasteiger partial charge on any atom is 0.224 e. The summed E-state index contributed by atoms with van der Waals surface area (Å²) in [6, 6.07) is 0.403. The number of hydrogen-bond acceptors (Lipinski definition) is 5. The maximum atomic E-state index is 5.95. The van der Waals surface area contributed by atoms with Gasteiger partial charge in [-0.25, -0.2) is 4.98 Å². The molecule has 0 aromatic carbocycles. The normalized spacial score (nSPS) is 17.5. The van der Waals surface area contributed by atoms with Gasteiger partial charge in [0.1, 0.15) is 10.5 Å². The molecule has 0 atom stereocenters. The molecule has 7 heteroatoms. The van der Waals surface area contributed by atoms with Crippen LogP contribution < -0.4 is 0 Å². The smallest absolute Gasteiger partial charge is 0.224 e. The number of ether oxygens (including phenoxy) is 1. The zero-order valence-electron chi connectivity index (χ0n) is 10.0. The van der Waals surface area contributed by atoms with Crippen molar-refractivity contribution < 1.29 is 4.74 Å². The highest BCUT2D eigenvalue weighted by Crippen LogP contribution is 2.35. The molecule has 4 rings (SSSR count). The van der Waals surface area contributed by atoms with Crippen molar-refractivity contribution in [1.82, 2.24) is 18.9 Å². The van der Waals surface area contributed by atoms with Gasteiger partial charge in [-0.15, -0.1) is 0 Å². The molecule has 0 spiro atoms. The summed E-state index contributed by atoms with van der Waals surface area (Å²) < 4.78 is 12.0. The van der Waals surface area contributed by atoms with E-state index >= 15 is 0 Å². The molecule has 98 valence electrons. The zero-order chi connectivity index (χ0) is 12.8. The van der Waals surface area contributed by atoms with Gasteiger partial charge in [-0.3, -0.25) is 0 Å². The number of fused-ring (bicyclic) bond motifs is 3. The SMILES string of the molecule is Clc1ncc2c3cnsc3n(C3CCOCC3)c2n1. The molecule has 0 aliphatic carbocycles. The van der Waals surface area contributed by atoms with Crippen molar-refractivity contribution in [2.24, 2.45) is 0 Å². The standard InChI is InChI=1S/C12H11ClN4OS/c13-12-14-5-8-9-6-15-19-11(9)17(10(8)16-12)7-1-3-18-4-2-7/h5-7H,1-4H2. The van der Waals surface area contributed by atoms with Crippen molar-refractivity contribution in [3.8, 4) is 0 Å². The highest BCUT2D eigenvalue weighted by Gasteiger charge is 2.23. The third kappa shape index (κ3) is 1.74. The predicted octanol–water partition coefficient (Wildman–Crippen LogP) is 3.05. The highest BCUT2D eigenvalue weighted by molar-refractivity contribution is 7.13. The summed E-state index contributed by atoms with van der Waals surface area (Å²) in [7, 11) is 0. The molecule has 0 unspecified atom stereocenters. The second-order valence-electron chi connectivity index (χ2n) is 4.63.